The minimum Gasteiger partial charge on any atom is -0.378 e. The molecule has 1 aromatic rings. The summed E-state index contributed by atoms with van der Waals surface area (Å²) in [6.45, 7) is 3.47. The highest BCUT2D eigenvalue weighted by Crippen LogP contribution is 2.18. The number of hydrogen-bond donors (Lipinski definition) is 2. The number of hydrogen-bond acceptors (Lipinski definition) is 6. The Morgan fingerprint density at radius 1 is 1.63 bits per heavy atom. The van der Waals surface area contributed by atoms with Crippen LogP contribution in [0.25, 0.3) is 0 Å². The van der Waals surface area contributed by atoms with Crippen LogP contribution in [0.15, 0.2) is 6.20 Å². The highest BCUT2D eigenvalue weighted by molar-refractivity contribution is 7.17. The summed E-state index contributed by atoms with van der Waals surface area (Å²) in [5, 5.41) is 6.35. The number of ketones is 1. The van der Waals surface area contributed by atoms with Crippen LogP contribution in [0.3, 0.4) is 0 Å². The lowest BCUT2D eigenvalue weighted by Crippen LogP contribution is -2.43. The Morgan fingerprint density at radius 2 is 2.42 bits per heavy atom. The largest absolute Gasteiger partial charge is 0.378 e. The molecule has 8 heteroatoms. The number of anilines is 1. The minimum absolute atomic E-state index is 0. The molecule has 0 saturated carbocycles. The first kappa shape index (κ1) is 16.0. The van der Waals surface area contributed by atoms with E-state index in [9.17, 15) is 9.59 Å². The molecule has 1 aliphatic rings. The van der Waals surface area contributed by atoms with Crippen molar-refractivity contribution in [1.82, 2.24) is 10.3 Å². The van der Waals surface area contributed by atoms with Gasteiger partial charge in [0.25, 0.3) is 0 Å². The van der Waals surface area contributed by atoms with E-state index in [0.29, 0.717) is 29.6 Å². The van der Waals surface area contributed by atoms with Gasteiger partial charge >= 0.3 is 0 Å². The standard InChI is InChI=1S/C11H15N3O3S.ClH/c1-7(15)9-5-13-11(18-9)14-10(16)4-8-6-17-3-2-12-8;/h5,8,12H,2-4,6H2,1H3,(H,13,14,16);1H. The fraction of sp³-hybridized carbons (Fsp3) is 0.545. The van der Waals surface area contributed by atoms with Gasteiger partial charge in [-0.05, 0) is 0 Å². The van der Waals surface area contributed by atoms with Crippen molar-refractivity contribution >= 4 is 40.6 Å². The average Bonchev–Trinajstić information content (AvgIpc) is 2.78. The van der Waals surface area contributed by atoms with Gasteiger partial charge in [0.15, 0.2) is 10.9 Å². The molecule has 1 saturated heterocycles. The summed E-state index contributed by atoms with van der Waals surface area (Å²) in [7, 11) is 0. The fourth-order valence-electron chi connectivity index (χ4n) is 1.64. The number of nitrogens with one attached hydrogen (secondary N) is 2. The van der Waals surface area contributed by atoms with E-state index in [2.05, 4.69) is 15.6 Å². The number of Topliss-reactive ketones (excluding diaryl/α,β-unsaturated/α-hetero) is 1. The third-order valence-corrected chi connectivity index (χ3v) is 3.54. The number of ether oxygens (including phenoxy) is 1. The van der Waals surface area contributed by atoms with Gasteiger partial charge in [-0.3, -0.25) is 9.59 Å². The Bertz CT molecular complexity index is 446. The number of halogens is 1. The normalized spacial score (nSPS) is 18.5. The van der Waals surface area contributed by atoms with Crippen molar-refractivity contribution in [1.29, 1.82) is 0 Å². The number of amides is 1. The predicted octanol–water partition coefficient (Wildman–Crippen LogP) is 1.08. The van der Waals surface area contributed by atoms with Crippen LogP contribution in [-0.2, 0) is 9.53 Å². The molecule has 0 radical (unpaired) electrons. The van der Waals surface area contributed by atoms with Crippen molar-refractivity contribution in [3.63, 3.8) is 0 Å². The van der Waals surface area contributed by atoms with Gasteiger partial charge in [0.2, 0.25) is 5.91 Å². The first-order chi connectivity index (χ1) is 8.65. The summed E-state index contributed by atoms with van der Waals surface area (Å²) in [6.07, 6.45) is 1.82. The summed E-state index contributed by atoms with van der Waals surface area (Å²) >= 11 is 1.19. The van der Waals surface area contributed by atoms with Gasteiger partial charge in [-0.1, -0.05) is 11.3 Å². The SMILES string of the molecule is CC(=O)c1cnc(NC(=O)CC2COCCN2)s1.Cl. The molecule has 0 aromatic carbocycles. The molecule has 1 atom stereocenters. The first-order valence-electron chi connectivity index (χ1n) is 5.73. The molecule has 2 N–H and O–H groups in total. The van der Waals surface area contributed by atoms with Crippen LogP contribution in [0.4, 0.5) is 5.13 Å². The summed E-state index contributed by atoms with van der Waals surface area (Å²) < 4.78 is 5.27. The number of rotatable bonds is 4. The van der Waals surface area contributed by atoms with Gasteiger partial charge < -0.3 is 15.4 Å². The van der Waals surface area contributed by atoms with E-state index in [1.807, 2.05) is 0 Å². The van der Waals surface area contributed by atoms with Gasteiger partial charge in [0, 0.05) is 25.9 Å². The van der Waals surface area contributed by atoms with Gasteiger partial charge in [0.05, 0.1) is 24.3 Å². The molecule has 1 unspecified atom stereocenters. The predicted molar refractivity (Wildman–Crippen MR) is 75.2 cm³/mol. The third-order valence-electron chi connectivity index (χ3n) is 2.53. The maximum atomic E-state index is 11.7. The Balaban J connectivity index is 0.00000180. The van der Waals surface area contributed by atoms with E-state index in [0.717, 1.165) is 6.54 Å². The van der Waals surface area contributed by atoms with Gasteiger partial charge in [-0.25, -0.2) is 4.98 Å². The second kappa shape index (κ2) is 7.54. The Labute approximate surface area is 121 Å². The molecule has 6 nitrogen and oxygen atoms in total. The summed E-state index contributed by atoms with van der Waals surface area (Å²) in [5.74, 6) is -0.169. The second-order valence-electron chi connectivity index (χ2n) is 4.06. The van der Waals surface area contributed by atoms with Crippen LogP contribution < -0.4 is 10.6 Å². The minimum atomic E-state index is -0.123. The van der Waals surface area contributed by atoms with Crippen molar-refractivity contribution < 1.29 is 14.3 Å². The van der Waals surface area contributed by atoms with E-state index in [-0.39, 0.29) is 30.1 Å². The molecule has 1 aromatic heterocycles. The molecule has 0 aliphatic carbocycles. The van der Waals surface area contributed by atoms with E-state index in [1.54, 1.807) is 0 Å². The number of nitrogens with zero attached hydrogens (tertiary/aromatic N) is 1. The maximum absolute atomic E-state index is 11.7. The smallest absolute Gasteiger partial charge is 0.227 e. The van der Waals surface area contributed by atoms with E-state index in [1.165, 1.54) is 24.5 Å². The summed E-state index contributed by atoms with van der Waals surface area (Å²) in [6, 6.07) is 0.0472. The molecule has 2 rings (SSSR count). The third kappa shape index (κ3) is 4.87. The van der Waals surface area contributed by atoms with Crippen LogP contribution in [0.1, 0.15) is 23.0 Å². The zero-order chi connectivity index (χ0) is 13.0. The second-order valence-corrected chi connectivity index (χ2v) is 5.09. The monoisotopic (exact) mass is 305 g/mol. The molecular formula is C11H16ClN3O3S. The van der Waals surface area contributed by atoms with E-state index in [4.69, 9.17) is 4.74 Å². The molecule has 0 spiro atoms. The van der Waals surface area contributed by atoms with Crippen LogP contribution >= 0.6 is 23.7 Å². The number of aromatic nitrogens is 1. The van der Waals surface area contributed by atoms with E-state index >= 15 is 0 Å². The zero-order valence-electron chi connectivity index (χ0n) is 10.5. The quantitative estimate of drug-likeness (QED) is 0.814. The average molecular weight is 306 g/mol. The molecule has 0 bridgehead atoms. The summed E-state index contributed by atoms with van der Waals surface area (Å²) in [4.78, 5) is 27.4. The number of thiazole rings is 1. The van der Waals surface area contributed by atoms with Crippen LogP contribution in [0.2, 0.25) is 0 Å². The van der Waals surface area contributed by atoms with Crippen LogP contribution in [-0.4, -0.2) is 42.5 Å². The molecule has 1 fully saturated rings. The zero-order valence-corrected chi connectivity index (χ0v) is 12.1. The van der Waals surface area contributed by atoms with Crippen molar-refractivity contribution in [2.75, 3.05) is 25.1 Å². The highest BCUT2D eigenvalue weighted by atomic mass is 35.5. The molecular weight excluding hydrogens is 290 g/mol. The van der Waals surface area contributed by atoms with E-state index < -0.39 is 0 Å². The van der Waals surface area contributed by atoms with Crippen LogP contribution in [0.5, 0.6) is 0 Å². The lowest BCUT2D eigenvalue weighted by atomic mass is 10.2. The molecule has 2 heterocycles. The molecule has 106 valence electrons. The molecule has 19 heavy (non-hydrogen) atoms. The topological polar surface area (TPSA) is 80.3 Å². The Kier molecular flexibility index (Phi) is 6.36. The Hall–Kier alpha value is -1.02. The van der Waals surface area contributed by atoms with Gasteiger partial charge in [-0.15, -0.1) is 12.4 Å². The molecule has 1 aliphatic heterocycles. The van der Waals surface area contributed by atoms with Crippen molar-refractivity contribution in [2.45, 2.75) is 19.4 Å². The molecule has 1 amide bonds. The van der Waals surface area contributed by atoms with Crippen molar-refractivity contribution in [3.05, 3.63) is 11.1 Å². The number of carbonyl (C=O) groups is 2. The van der Waals surface area contributed by atoms with Crippen molar-refractivity contribution in [3.8, 4) is 0 Å². The van der Waals surface area contributed by atoms with Crippen molar-refractivity contribution in [2.24, 2.45) is 0 Å². The first-order valence-corrected chi connectivity index (χ1v) is 6.54. The lowest BCUT2D eigenvalue weighted by Gasteiger charge is -2.22. The number of morpholine rings is 1. The number of carbonyl (C=O) groups excluding carboxylic acids is 2. The van der Waals surface area contributed by atoms with Gasteiger partial charge in [0.1, 0.15) is 0 Å². The Morgan fingerprint density at radius 3 is 3.00 bits per heavy atom. The van der Waals surface area contributed by atoms with Crippen LogP contribution in [0, 0.1) is 0 Å². The summed E-state index contributed by atoms with van der Waals surface area (Å²) in [5.41, 5.74) is 0. The highest BCUT2D eigenvalue weighted by Gasteiger charge is 2.17. The fourth-order valence-corrected chi connectivity index (χ4v) is 2.37. The maximum Gasteiger partial charge on any atom is 0.227 e. The van der Waals surface area contributed by atoms with Gasteiger partial charge in [-0.2, -0.15) is 0 Å². The lowest BCUT2D eigenvalue weighted by molar-refractivity contribution is -0.117.